The quantitative estimate of drug-likeness (QED) is 0.821. The van der Waals surface area contributed by atoms with Crippen LogP contribution in [0.15, 0.2) is 28.8 Å². The highest BCUT2D eigenvalue weighted by Crippen LogP contribution is 2.30. The number of nitrogens with one attached hydrogen (secondary N) is 1. The van der Waals surface area contributed by atoms with Gasteiger partial charge in [-0.1, -0.05) is 63.5 Å². The molecule has 0 aliphatic carbocycles. The van der Waals surface area contributed by atoms with Crippen molar-refractivity contribution in [1.82, 2.24) is 15.5 Å². The Morgan fingerprint density at radius 3 is 2.17 bits per heavy atom. The van der Waals surface area contributed by atoms with Gasteiger partial charge in [0.1, 0.15) is 0 Å². The first-order valence-corrected chi connectivity index (χ1v) is 8.52. The molecule has 0 radical (unpaired) electrons. The SMILES string of the molecule is CCC(CC)(NCc1nc(C(C)(C)C)no1)c1ccc(Cl)cc1. The van der Waals surface area contributed by atoms with E-state index >= 15 is 0 Å². The fraction of sp³-hybridized carbons (Fsp3) is 0.556. The summed E-state index contributed by atoms with van der Waals surface area (Å²) in [5.74, 6) is 1.36. The van der Waals surface area contributed by atoms with Gasteiger partial charge in [0.25, 0.3) is 0 Å². The van der Waals surface area contributed by atoms with Gasteiger partial charge < -0.3 is 4.52 Å². The molecular weight excluding hydrogens is 310 g/mol. The standard InChI is InChI=1S/C18H26ClN3O/c1-6-18(7-2,13-8-10-14(19)11-9-13)20-12-15-21-16(22-23-15)17(3,4)5/h8-11,20H,6-7,12H2,1-5H3. The predicted molar refractivity (Wildman–Crippen MR) is 93.5 cm³/mol. The fourth-order valence-electron chi connectivity index (χ4n) is 2.66. The number of benzene rings is 1. The molecule has 4 nitrogen and oxygen atoms in total. The van der Waals surface area contributed by atoms with Gasteiger partial charge in [-0.3, -0.25) is 5.32 Å². The van der Waals surface area contributed by atoms with Gasteiger partial charge in [0, 0.05) is 16.0 Å². The summed E-state index contributed by atoms with van der Waals surface area (Å²) in [7, 11) is 0. The summed E-state index contributed by atoms with van der Waals surface area (Å²) in [5.41, 5.74) is 0.994. The molecule has 0 bridgehead atoms. The van der Waals surface area contributed by atoms with E-state index < -0.39 is 0 Å². The second-order valence-corrected chi connectivity index (χ2v) is 7.35. The molecule has 5 heteroatoms. The Morgan fingerprint density at radius 2 is 1.70 bits per heavy atom. The molecule has 2 rings (SSSR count). The fourth-order valence-corrected chi connectivity index (χ4v) is 2.78. The van der Waals surface area contributed by atoms with Crippen LogP contribution in [0, 0.1) is 0 Å². The van der Waals surface area contributed by atoms with E-state index in [9.17, 15) is 0 Å². The Balaban J connectivity index is 2.16. The van der Waals surface area contributed by atoms with Crippen LogP contribution in [-0.2, 0) is 17.5 Å². The third-order valence-electron chi connectivity index (χ3n) is 4.32. The van der Waals surface area contributed by atoms with E-state index in [-0.39, 0.29) is 11.0 Å². The first kappa shape index (κ1) is 18.0. The molecule has 1 heterocycles. The minimum atomic E-state index is -0.124. The topological polar surface area (TPSA) is 51.0 Å². The molecule has 0 saturated heterocycles. The van der Waals surface area contributed by atoms with Crippen LogP contribution in [-0.4, -0.2) is 10.1 Å². The van der Waals surface area contributed by atoms with Gasteiger partial charge in [-0.05, 0) is 30.5 Å². The van der Waals surface area contributed by atoms with Crippen LogP contribution >= 0.6 is 11.6 Å². The lowest BCUT2D eigenvalue weighted by Crippen LogP contribution is -2.41. The molecule has 1 aromatic carbocycles. The normalized spacial score (nSPS) is 12.6. The number of aromatic nitrogens is 2. The molecule has 0 amide bonds. The van der Waals surface area contributed by atoms with E-state index in [1.54, 1.807) is 0 Å². The average molecular weight is 336 g/mol. The van der Waals surface area contributed by atoms with E-state index in [4.69, 9.17) is 16.1 Å². The monoisotopic (exact) mass is 335 g/mol. The summed E-state index contributed by atoms with van der Waals surface area (Å²) in [6.45, 7) is 11.1. The highest BCUT2D eigenvalue weighted by atomic mass is 35.5. The van der Waals surface area contributed by atoms with Crippen LogP contribution < -0.4 is 5.32 Å². The summed E-state index contributed by atoms with van der Waals surface area (Å²) in [5, 5.41) is 8.44. The van der Waals surface area contributed by atoms with E-state index in [1.807, 2.05) is 12.1 Å². The smallest absolute Gasteiger partial charge is 0.240 e. The number of halogens is 1. The lowest BCUT2D eigenvalue weighted by atomic mass is 9.84. The number of hydrogen-bond donors (Lipinski definition) is 1. The first-order chi connectivity index (χ1) is 10.8. The molecule has 1 aromatic heterocycles. The van der Waals surface area contributed by atoms with Gasteiger partial charge in [0.05, 0.1) is 6.54 Å². The van der Waals surface area contributed by atoms with Gasteiger partial charge in [-0.25, -0.2) is 0 Å². The average Bonchev–Trinajstić information content (AvgIpc) is 2.99. The first-order valence-electron chi connectivity index (χ1n) is 8.15. The zero-order valence-electron chi connectivity index (χ0n) is 14.6. The molecule has 1 N–H and O–H groups in total. The summed E-state index contributed by atoms with van der Waals surface area (Å²) in [6.07, 6.45) is 1.93. The maximum absolute atomic E-state index is 6.01. The molecular formula is C18H26ClN3O. The molecule has 0 spiro atoms. The Kier molecular flexibility index (Phi) is 5.48. The summed E-state index contributed by atoms with van der Waals surface area (Å²) < 4.78 is 5.39. The van der Waals surface area contributed by atoms with Crippen LogP contribution in [0.3, 0.4) is 0 Å². The minimum absolute atomic E-state index is 0.107. The molecule has 0 saturated carbocycles. The Hall–Kier alpha value is -1.39. The van der Waals surface area contributed by atoms with E-state index in [1.165, 1.54) is 5.56 Å². The van der Waals surface area contributed by atoms with E-state index in [0.717, 1.165) is 23.7 Å². The highest BCUT2D eigenvalue weighted by Gasteiger charge is 2.29. The van der Waals surface area contributed by atoms with Crippen molar-refractivity contribution in [2.45, 2.75) is 65.0 Å². The predicted octanol–water partition coefficient (Wildman–Crippen LogP) is 4.83. The number of rotatable bonds is 6. The van der Waals surface area contributed by atoms with Crippen LogP contribution in [0.1, 0.15) is 64.7 Å². The summed E-state index contributed by atoms with van der Waals surface area (Å²) >= 11 is 6.01. The second-order valence-electron chi connectivity index (χ2n) is 6.91. The van der Waals surface area contributed by atoms with Gasteiger partial charge in [0.2, 0.25) is 5.89 Å². The van der Waals surface area contributed by atoms with Gasteiger partial charge in [-0.2, -0.15) is 4.98 Å². The Morgan fingerprint density at radius 1 is 1.09 bits per heavy atom. The third kappa shape index (κ3) is 4.12. The highest BCUT2D eigenvalue weighted by molar-refractivity contribution is 6.30. The second kappa shape index (κ2) is 7.02. The van der Waals surface area contributed by atoms with Gasteiger partial charge >= 0.3 is 0 Å². The van der Waals surface area contributed by atoms with Crippen molar-refractivity contribution in [2.24, 2.45) is 0 Å². The van der Waals surface area contributed by atoms with Crippen molar-refractivity contribution in [1.29, 1.82) is 0 Å². The Bertz CT molecular complexity index is 624. The van der Waals surface area contributed by atoms with Gasteiger partial charge in [-0.15, -0.1) is 0 Å². The van der Waals surface area contributed by atoms with Gasteiger partial charge in [0.15, 0.2) is 5.82 Å². The third-order valence-corrected chi connectivity index (χ3v) is 4.57. The zero-order chi connectivity index (χ0) is 17.1. The lowest BCUT2D eigenvalue weighted by Gasteiger charge is -2.33. The molecule has 0 atom stereocenters. The Labute approximate surface area is 143 Å². The summed E-state index contributed by atoms with van der Waals surface area (Å²) in [6, 6.07) is 8.03. The van der Waals surface area contributed by atoms with E-state index in [2.05, 4.69) is 62.2 Å². The van der Waals surface area contributed by atoms with Crippen molar-refractivity contribution in [3.63, 3.8) is 0 Å². The largest absolute Gasteiger partial charge is 0.338 e. The lowest BCUT2D eigenvalue weighted by molar-refractivity contribution is 0.276. The number of hydrogen-bond acceptors (Lipinski definition) is 4. The molecule has 0 fully saturated rings. The maximum atomic E-state index is 6.01. The minimum Gasteiger partial charge on any atom is -0.338 e. The van der Waals surface area contributed by atoms with Crippen molar-refractivity contribution in [3.8, 4) is 0 Å². The van der Waals surface area contributed by atoms with Crippen molar-refractivity contribution in [2.75, 3.05) is 0 Å². The summed E-state index contributed by atoms with van der Waals surface area (Å²) in [4.78, 5) is 4.50. The van der Waals surface area contributed by atoms with Crippen molar-refractivity contribution in [3.05, 3.63) is 46.6 Å². The van der Waals surface area contributed by atoms with E-state index in [0.29, 0.717) is 12.4 Å². The van der Waals surface area contributed by atoms with Crippen LogP contribution in [0.5, 0.6) is 0 Å². The zero-order valence-corrected chi connectivity index (χ0v) is 15.4. The van der Waals surface area contributed by atoms with Crippen molar-refractivity contribution < 1.29 is 4.52 Å². The maximum Gasteiger partial charge on any atom is 0.240 e. The molecule has 2 aromatic rings. The van der Waals surface area contributed by atoms with Crippen LogP contribution in [0.2, 0.25) is 5.02 Å². The number of nitrogens with zero attached hydrogens (tertiary/aromatic N) is 2. The molecule has 23 heavy (non-hydrogen) atoms. The molecule has 0 unspecified atom stereocenters. The molecule has 126 valence electrons. The van der Waals surface area contributed by atoms with Crippen LogP contribution in [0.4, 0.5) is 0 Å². The molecule has 0 aliphatic rings. The molecule has 0 aliphatic heterocycles. The van der Waals surface area contributed by atoms with Crippen LogP contribution in [0.25, 0.3) is 0 Å². The van der Waals surface area contributed by atoms with Crippen molar-refractivity contribution >= 4 is 11.6 Å².